The Kier molecular flexibility index (Phi) is 5.13. The van der Waals surface area contributed by atoms with Crippen LogP contribution in [0.2, 0.25) is 0 Å². The molecule has 2 aliphatic heterocycles. The number of carboxylic acids is 2. The third-order valence-electron chi connectivity index (χ3n) is 5.84. The minimum atomic E-state index is -0.783. The normalized spacial score (nSPS) is 41.4. The summed E-state index contributed by atoms with van der Waals surface area (Å²) in [6, 6.07) is -0.893. The van der Waals surface area contributed by atoms with Crippen LogP contribution in [0.15, 0.2) is 0 Å². The van der Waals surface area contributed by atoms with Gasteiger partial charge in [0.05, 0.1) is 0 Å². The van der Waals surface area contributed by atoms with Gasteiger partial charge in [0.15, 0.2) is 0 Å². The molecule has 7 heteroatoms. The van der Waals surface area contributed by atoms with Crippen LogP contribution in [0.1, 0.15) is 32.1 Å². The van der Waals surface area contributed by atoms with Crippen LogP contribution in [-0.2, 0) is 9.59 Å². The number of aliphatic carboxylic acids is 2. The van der Waals surface area contributed by atoms with E-state index in [1.165, 1.54) is 0 Å². The third-order valence-corrected chi connectivity index (χ3v) is 6.16. The van der Waals surface area contributed by atoms with E-state index in [9.17, 15) is 19.8 Å². The smallest absolute Gasteiger partial charge is 0.320 e. The molecule has 0 spiro atoms. The van der Waals surface area contributed by atoms with Crippen LogP contribution in [0.4, 0.5) is 0 Å². The number of nitrogens with one attached hydrogen (secondary N) is 1. The summed E-state index contributed by atoms with van der Waals surface area (Å²) in [5.41, 5.74) is 0. The van der Waals surface area contributed by atoms with Crippen molar-refractivity contribution in [3.8, 4) is 0 Å². The number of nitrogens with zero attached hydrogens (tertiary/aromatic N) is 1. The molecule has 130 valence electrons. The summed E-state index contributed by atoms with van der Waals surface area (Å²) in [5, 5.41) is 21.6. The summed E-state index contributed by atoms with van der Waals surface area (Å²) >= 11 is 6.15. The van der Waals surface area contributed by atoms with Crippen molar-refractivity contribution in [1.82, 2.24) is 10.2 Å². The van der Waals surface area contributed by atoms with Crippen molar-refractivity contribution in [3.05, 3.63) is 0 Å². The molecular formula is C16H25ClN2O4. The zero-order valence-corrected chi connectivity index (χ0v) is 13.9. The van der Waals surface area contributed by atoms with Gasteiger partial charge in [-0.3, -0.25) is 14.5 Å². The van der Waals surface area contributed by atoms with Gasteiger partial charge in [0.1, 0.15) is 12.1 Å². The molecule has 0 amide bonds. The number of carbonyl (C=O) groups is 2. The van der Waals surface area contributed by atoms with Gasteiger partial charge in [-0.1, -0.05) is 0 Å². The number of likely N-dealkylation sites (tertiary alicyclic amines) is 1. The van der Waals surface area contributed by atoms with Gasteiger partial charge >= 0.3 is 11.9 Å². The van der Waals surface area contributed by atoms with Crippen LogP contribution in [0.3, 0.4) is 0 Å². The van der Waals surface area contributed by atoms with Gasteiger partial charge in [-0.15, -0.1) is 11.6 Å². The Hall–Kier alpha value is -0.850. The Morgan fingerprint density at radius 3 is 2.57 bits per heavy atom. The SMILES string of the molecule is O=C(O)[C@@H]1C[C@H]2C[C@@H](CN3C[C@@H](Cl)C[C@H]3C(=O)O)CC[C@H]2CN1. The highest BCUT2D eigenvalue weighted by atomic mass is 35.5. The summed E-state index contributed by atoms with van der Waals surface area (Å²) in [5.74, 6) is -0.0893. The van der Waals surface area contributed by atoms with Gasteiger partial charge in [0.2, 0.25) is 0 Å². The number of alkyl halides is 1. The maximum atomic E-state index is 11.4. The lowest BCUT2D eigenvalue weighted by Gasteiger charge is -2.42. The summed E-state index contributed by atoms with van der Waals surface area (Å²) < 4.78 is 0. The maximum Gasteiger partial charge on any atom is 0.320 e. The predicted octanol–water partition coefficient (Wildman–Crippen LogP) is 1.23. The number of piperidine rings is 1. The molecule has 1 aliphatic carbocycles. The van der Waals surface area contributed by atoms with Crippen molar-refractivity contribution < 1.29 is 19.8 Å². The first-order valence-electron chi connectivity index (χ1n) is 8.51. The lowest BCUT2D eigenvalue weighted by atomic mass is 9.69. The number of fused-ring (bicyclic) bond motifs is 1. The Morgan fingerprint density at radius 2 is 1.87 bits per heavy atom. The first-order chi connectivity index (χ1) is 10.9. The molecule has 0 aromatic rings. The van der Waals surface area contributed by atoms with Gasteiger partial charge in [0, 0.05) is 18.5 Å². The quantitative estimate of drug-likeness (QED) is 0.665. The van der Waals surface area contributed by atoms with Crippen LogP contribution >= 0.6 is 11.6 Å². The van der Waals surface area contributed by atoms with Crippen molar-refractivity contribution in [2.45, 2.75) is 49.6 Å². The highest BCUT2D eigenvalue weighted by Crippen LogP contribution is 2.39. The van der Waals surface area contributed by atoms with E-state index in [0.29, 0.717) is 37.1 Å². The van der Waals surface area contributed by atoms with Gasteiger partial charge < -0.3 is 15.5 Å². The second kappa shape index (κ2) is 6.95. The monoisotopic (exact) mass is 344 g/mol. The number of halogens is 1. The molecule has 0 bridgehead atoms. The fourth-order valence-corrected chi connectivity index (χ4v) is 5.00. The first-order valence-corrected chi connectivity index (χ1v) is 8.94. The van der Waals surface area contributed by atoms with Crippen LogP contribution in [0.5, 0.6) is 0 Å². The molecule has 2 heterocycles. The second-order valence-electron chi connectivity index (χ2n) is 7.37. The average molecular weight is 345 g/mol. The molecular weight excluding hydrogens is 320 g/mol. The largest absolute Gasteiger partial charge is 0.480 e. The maximum absolute atomic E-state index is 11.4. The lowest BCUT2D eigenvalue weighted by Crippen LogP contribution is -2.50. The van der Waals surface area contributed by atoms with E-state index in [-0.39, 0.29) is 5.38 Å². The molecule has 3 rings (SSSR count). The molecule has 3 aliphatic rings. The molecule has 2 saturated heterocycles. The van der Waals surface area contributed by atoms with Crippen molar-refractivity contribution >= 4 is 23.5 Å². The predicted molar refractivity (Wildman–Crippen MR) is 85.6 cm³/mol. The molecule has 0 aromatic heterocycles. The second-order valence-corrected chi connectivity index (χ2v) is 7.99. The van der Waals surface area contributed by atoms with E-state index in [1.54, 1.807) is 0 Å². The Morgan fingerprint density at radius 1 is 1.09 bits per heavy atom. The average Bonchev–Trinajstić information content (AvgIpc) is 2.87. The van der Waals surface area contributed by atoms with Gasteiger partial charge in [-0.25, -0.2) is 0 Å². The first kappa shape index (κ1) is 17.0. The minimum Gasteiger partial charge on any atom is -0.480 e. The van der Waals surface area contributed by atoms with Crippen LogP contribution in [0, 0.1) is 17.8 Å². The van der Waals surface area contributed by atoms with Gasteiger partial charge in [-0.05, 0) is 56.4 Å². The minimum absolute atomic E-state index is 0.0808. The lowest BCUT2D eigenvalue weighted by molar-refractivity contribution is -0.143. The third kappa shape index (κ3) is 3.80. The summed E-state index contributed by atoms with van der Waals surface area (Å²) in [4.78, 5) is 24.6. The number of hydrogen-bond acceptors (Lipinski definition) is 4. The Balaban J connectivity index is 1.57. The topological polar surface area (TPSA) is 89.9 Å². The highest BCUT2D eigenvalue weighted by Gasteiger charge is 2.41. The molecule has 23 heavy (non-hydrogen) atoms. The van der Waals surface area contributed by atoms with E-state index in [2.05, 4.69) is 5.32 Å². The molecule has 3 N–H and O–H groups in total. The van der Waals surface area contributed by atoms with Crippen molar-refractivity contribution in [2.24, 2.45) is 17.8 Å². The molecule has 0 radical (unpaired) electrons. The summed E-state index contributed by atoms with van der Waals surface area (Å²) in [6.45, 7) is 2.20. The Bertz CT molecular complexity index is 475. The van der Waals surface area contributed by atoms with Crippen molar-refractivity contribution in [1.29, 1.82) is 0 Å². The van der Waals surface area contributed by atoms with E-state index < -0.39 is 24.0 Å². The van der Waals surface area contributed by atoms with Crippen LogP contribution in [-0.4, -0.2) is 64.1 Å². The highest BCUT2D eigenvalue weighted by molar-refractivity contribution is 6.21. The zero-order chi connectivity index (χ0) is 16.6. The van der Waals surface area contributed by atoms with Crippen LogP contribution in [0.25, 0.3) is 0 Å². The molecule has 1 saturated carbocycles. The van der Waals surface area contributed by atoms with E-state index in [0.717, 1.165) is 32.4 Å². The Labute approximate surface area is 141 Å². The van der Waals surface area contributed by atoms with Crippen LogP contribution < -0.4 is 5.32 Å². The van der Waals surface area contributed by atoms with E-state index >= 15 is 0 Å². The molecule has 6 atom stereocenters. The molecule has 0 unspecified atom stereocenters. The fourth-order valence-electron chi connectivity index (χ4n) is 4.65. The number of rotatable bonds is 4. The van der Waals surface area contributed by atoms with E-state index in [4.69, 9.17) is 11.6 Å². The van der Waals surface area contributed by atoms with E-state index in [1.807, 2.05) is 4.90 Å². The van der Waals surface area contributed by atoms with Gasteiger partial charge in [0.25, 0.3) is 0 Å². The summed E-state index contributed by atoms with van der Waals surface area (Å²) in [6.07, 6.45) is 4.41. The van der Waals surface area contributed by atoms with Crippen molar-refractivity contribution in [3.63, 3.8) is 0 Å². The molecule has 6 nitrogen and oxygen atoms in total. The number of carboxylic acid groups (broad SMARTS) is 2. The van der Waals surface area contributed by atoms with Gasteiger partial charge in [-0.2, -0.15) is 0 Å². The molecule has 0 aromatic carbocycles. The summed E-state index contributed by atoms with van der Waals surface area (Å²) in [7, 11) is 0. The molecule has 3 fully saturated rings. The number of hydrogen-bond donors (Lipinski definition) is 3. The zero-order valence-electron chi connectivity index (χ0n) is 13.2. The standard InChI is InChI=1S/C16H25ClN2O4/c17-12-5-14(16(22)23)19(8-12)7-9-1-2-10-6-18-13(15(20)21)4-11(10)3-9/h9-14,18H,1-8H2,(H,20,21)(H,22,23)/t9-,10-,11+,12-,13-,14-/m0/s1. The van der Waals surface area contributed by atoms with Crippen molar-refractivity contribution in [2.75, 3.05) is 19.6 Å². The fraction of sp³-hybridized carbons (Fsp3) is 0.875.